The Morgan fingerprint density at radius 2 is 1.95 bits per heavy atom. The third kappa shape index (κ3) is 3.75. The Hall–Kier alpha value is -0.120. The van der Waals surface area contributed by atoms with Crippen molar-refractivity contribution in [2.24, 2.45) is 0 Å². The summed E-state index contributed by atoms with van der Waals surface area (Å²) >= 11 is 0. The SMILES string of the molecule is CC1CN2CCCCC2CN1CCCC1CCCCN1. The quantitative estimate of drug-likeness (QED) is 0.853. The zero-order valence-corrected chi connectivity index (χ0v) is 13.3. The Labute approximate surface area is 125 Å². The summed E-state index contributed by atoms with van der Waals surface area (Å²) in [5.41, 5.74) is 0. The molecule has 3 rings (SSSR count). The summed E-state index contributed by atoms with van der Waals surface area (Å²) in [7, 11) is 0. The van der Waals surface area contributed by atoms with Gasteiger partial charge in [-0.15, -0.1) is 0 Å². The van der Waals surface area contributed by atoms with Crippen LogP contribution in [0.4, 0.5) is 0 Å². The van der Waals surface area contributed by atoms with Gasteiger partial charge in [0.2, 0.25) is 0 Å². The van der Waals surface area contributed by atoms with E-state index in [9.17, 15) is 0 Å². The molecule has 3 atom stereocenters. The minimum absolute atomic E-state index is 0.767. The van der Waals surface area contributed by atoms with Crippen molar-refractivity contribution in [2.45, 2.75) is 76.4 Å². The maximum absolute atomic E-state index is 3.69. The van der Waals surface area contributed by atoms with Crippen LogP contribution >= 0.6 is 0 Å². The van der Waals surface area contributed by atoms with Gasteiger partial charge in [-0.1, -0.05) is 12.8 Å². The number of hydrogen-bond acceptors (Lipinski definition) is 3. The Bertz CT molecular complexity index is 288. The van der Waals surface area contributed by atoms with Crippen LogP contribution < -0.4 is 5.32 Å². The molecule has 3 heterocycles. The molecule has 0 saturated carbocycles. The minimum atomic E-state index is 0.767. The lowest BCUT2D eigenvalue weighted by molar-refractivity contribution is 0.0143. The fraction of sp³-hybridized carbons (Fsp3) is 1.00. The zero-order chi connectivity index (χ0) is 13.8. The van der Waals surface area contributed by atoms with Crippen LogP contribution in [0.1, 0.15) is 58.3 Å². The van der Waals surface area contributed by atoms with Crippen molar-refractivity contribution >= 4 is 0 Å². The molecule has 3 aliphatic heterocycles. The Kier molecular flexibility index (Phi) is 5.36. The fourth-order valence-electron chi connectivity index (χ4n) is 4.44. The molecule has 3 heteroatoms. The van der Waals surface area contributed by atoms with Gasteiger partial charge < -0.3 is 5.32 Å². The number of rotatable bonds is 4. The maximum Gasteiger partial charge on any atom is 0.0223 e. The summed E-state index contributed by atoms with van der Waals surface area (Å²) in [6.07, 6.45) is 11.3. The average molecular weight is 279 g/mol. The van der Waals surface area contributed by atoms with Gasteiger partial charge in [0.1, 0.15) is 0 Å². The van der Waals surface area contributed by atoms with E-state index in [-0.39, 0.29) is 0 Å². The molecule has 0 radical (unpaired) electrons. The lowest BCUT2D eigenvalue weighted by atomic mass is 9.96. The number of nitrogens with one attached hydrogen (secondary N) is 1. The van der Waals surface area contributed by atoms with E-state index in [1.807, 2.05) is 0 Å². The second-order valence-electron chi connectivity index (χ2n) is 7.28. The van der Waals surface area contributed by atoms with Gasteiger partial charge in [0.05, 0.1) is 0 Å². The molecule has 0 spiro atoms. The number of piperazine rings is 1. The molecule has 3 aliphatic rings. The molecule has 1 N–H and O–H groups in total. The normalized spacial score (nSPS) is 36.8. The van der Waals surface area contributed by atoms with Crippen LogP contribution in [0.15, 0.2) is 0 Å². The molecule has 0 bridgehead atoms. The maximum atomic E-state index is 3.69. The standard InChI is InChI=1S/C17H33N3/c1-15-13-20-11-5-3-9-17(20)14-19(15)12-6-8-16-7-2-4-10-18-16/h15-18H,2-14H2,1H3. The van der Waals surface area contributed by atoms with Crippen molar-refractivity contribution < 1.29 is 0 Å². The predicted molar refractivity (Wildman–Crippen MR) is 85.1 cm³/mol. The number of hydrogen-bond donors (Lipinski definition) is 1. The summed E-state index contributed by atoms with van der Waals surface area (Å²) < 4.78 is 0. The van der Waals surface area contributed by atoms with Gasteiger partial charge in [0.25, 0.3) is 0 Å². The molecular formula is C17H33N3. The number of nitrogens with zero attached hydrogens (tertiary/aromatic N) is 2. The van der Waals surface area contributed by atoms with Crippen molar-refractivity contribution in [3.8, 4) is 0 Å². The lowest BCUT2D eigenvalue weighted by Crippen LogP contribution is -2.58. The van der Waals surface area contributed by atoms with Gasteiger partial charge >= 0.3 is 0 Å². The first kappa shape index (κ1) is 14.8. The second kappa shape index (κ2) is 7.24. The third-order valence-electron chi connectivity index (χ3n) is 5.73. The molecule has 3 nitrogen and oxygen atoms in total. The molecule has 0 aliphatic carbocycles. The van der Waals surface area contributed by atoms with Crippen LogP contribution in [0, 0.1) is 0 Å². The highest BCUT2D eigenvalue weighted by Crippen LogP contribution is 2.24. The van der Waals surface area contributed by atoms with E-state index in [0.29, 0.717) is 0 Å². The van der Waals surface area contributed by atoms with Crippen molar-refractivity contribution in [1.29, 1.82) is 0 Å². The highest BCUT2D eigenvalue weighted by Gasteiger charge is 2.32. The largest absolute Gasteiger partial charge is 0.314 e. The summed E-state index contributed by atoms with van der Waals surface area (Å²) in [5.74, 6) is 0. The van der Waals surface area contributed by atoms with Crippen molar-refractivity contribution in [2.75, 3.05) is 32.7 Å². The van der Waals surface area contributed by atoms with E-state index < -0.39 is 0 Å². The van der Waals surface area contributed by atoms with E-state index in [4.69, 9.17) is 0 Å². The molecule has 3 fully saturated rings. The van der Waals surface area contributed by atoms with Gasteiger partial charge in [-0.2, -0.15) is 0 Å². The first-order chi connectivity index (χ1) is 9.83. The monoisotopic (exact) mass is 279 g/mol. The van der Waals surface area contributed by atoms with Gasteiger partial charge in [-0.3, -0.25) is 9.80 Å². The smallest absolute Gasteiger partial charge is 0.0223 e. The summed E-state index contributed by atoms with van der Waals surface area (Å²) in [4.78, 5) is 5.53. The first-order valence-electron chi connectivity index (χ1n) is 9.04. The van der Waals surface area contributed by atoms with Crippen molar-refractivity contribution in [3.05, 3.63) is 0 Å². The highest BCUT2D eigenvalue weighted by atomic mass is 15.3. The molecule has 0 amide bonds. The molecule has 20 heavy (non-hydrogen) atoms. The van der Waals surface area contributed by atoms with E-state index >= 15 is 0 Å². The van der Waals surface area contributed by atoms with Gasteiger partial charge in [-0.05, 0) is 65.1 Å². The molecule has 3 saturated heterocycles. The fourth-order valence-corrected chi connectivity index (χ4v) is 4.44. The molecule has 0 aromatic rings. The lowest BCUT2D eigenvalue weighted by Gasteiger charge is -2.47. The van der Waals surface area contributed by atoms with E-state index in [0.717, 1.165) is 18.1 Å². The van der Waals surface area contributed by atoms with Crippen LogP contribution in [-0.4, -0.2) is 60.6 Å². The van der Waals surface area contributed by atoms with Gasteiger partial charge in [-0.25, -0.2) is 0 Å². The van der Waals surface area contributed by atoms with Crippen LogP contribution in [0.5, 0.6) is 0 Å². The highest BCUT2D eigenvalue weighted by molar-refractivity contribution is 4.89. The second-order valence-corrected chi connectivity index (χ2v) is 7.28. The Morgan fingerprint density at radius 3 is 2.80 bits per heavy atom. The van der Waals surface area contributed by atoms with E-state index in [1.165, 1.54) is 84.1 Å². The molecule has 3 unspecified atom stereocenters. The van der Waals surface area contributed by atoms with E-state index in [1.54, 1.807) is 0 Å². The molecule has 0 aromatic heterocycles. The first-order valence-corrected chi connectivity index (χ1v) is 9.04. The average Bonchev–Trinajstić information content (AvgIpc) is 2.49. The van der Waals surface area contributed by atoms with Gasteiger partial charge in [0, 0.05) is 31.2 Å². The molecular weight excluding hydrogens is 246 g/mol. The third-order valence-corrected chi connectivity index (χ3v) is 5.73. The predicted octanol–water partition coefficient (Wildman–Crippen LogP) is 2.47. The molecule has 0 aromatic carbocycles. The van der Waals surface area contributed by atoms with E-state index in [2.05, 4.69) is 22.0 Å². The number of piperidine rings is 2. The topological polar surface area (TPSA) is 18.5 Å². The minimum Gasteiger partial charge on any atom is -0.314 e. The summed E-state index contributed by atoms with van der Waals surface area (Å²) in [6.45, 7) is 9.01. The Balaban J connectivity index is 1.40. The van der Waals surface area contributed by atoms with Crippen LogP contribution in [0.3, 0.4) is 0 Å². The summed E-state index contributed by atoms with van der Waals surface area (Å²) in [5, 5.41) is 3.69. The number of fused-ring (bicyclic) bond motifs is 1. The van der Waals surface area contributed by atoms with Crippen LogP contribution in [0.2, 0.25) is 0 Å². The summed E-state index contributed by atoms with van der Waals surface area (Å²) in [6, 6.07) is 2.45. The van der Waals surface area contributed by atoms with Crippen LogP contribution in [0.25, 0.3) is 0 Å². The van der Waals surface area contributed by atoms with Gasteiger partial charge in [0.15, 0.2) is 0 Å². The van der Waals surface area contributed by atoms with Crippen LogP contribution in [-0.2, 0) is 0 Å². The molecule has 116 valence electrons. The van der Waals surface area contributed by atoms with Crippen molar-refractivity contribution in [1.82, 2.24) is 15.1 Å². The zero-order valence-electron chi connectivity index (χ0n) is 13.3. The Morgan fingerprint density at radius 1 is 1.05 bits per heavy atom. The van der Waals surface area contributed by atoms with Crippen molar-refractivity contribution in [3.63, 3.8) is 0 Å².